The van der Waals surface area contributed by atoms with E-state index in [-0.39, 0.29) is 0 Å². The zero-order chi connectivity index (χ0) is 21.1. The Balaban J connectivity index is 1.75. The van der Waals surface area contributed by atoms with Crippen LogP contribution in [0.15, 0.2) is 62.8 Å². The molecular weight excluding hydrogens is 449 g/mol. The van der Waals surface area contributed by atoms with Crippen molar-refractivity contribution in [3.63, 3.8) is 0 Å². The van der Waals surface area contributed by atoms with Crippen LogP contribution in [0.1, 0.15) is 41.1 Å². The highest BCUT2D eigenvalue weighted by Crippen LogP contribution is 2.58. The van der Waals surface area contributed by atoms with Gasteiger partial charge in [-0.1, -0.05) is 53.9 Å². The number of hydrogen-bond acceptors (Lipinski definition) is 8. The Kier molecular flexibility index (Phi) is 7.28. The van der Waals surface area contributed by atoms with E-state index in [1.54, 1.807) is 47.0 Å². The Morgan fingerprint density at radius 3 is 1.60 bits per heavy atom. The highest BCUT2D eigenvalue weighted by Gasteiger charge is 2.45. The average Bonchev–Trinajstić information content (AvgIpc) is 2.78. The van der Waals surface area contributed by atoms with Gasteiger partial charge in [0.25, 0.3) is 0 Å². The minimum Gasteiger partial charge on any atom is -0.227 e. The SMILES string of the molecule is CSc1cc(C2C[C@H](c3cc(SC)nc(SC)n3)C2c2ccccc2)nc(SC)n1. The Bertz CT molecular complexity index is 909. The van der Waals surface area contributed by atoms with E-state index in [2.05, 4.69) is 64.9 Å². The summed E-state index contributed by atoms with van der Waals surface area (Å²) in [6.07, 6.45) is 9.26. The van der Waals surface area contributed by atoms with E-state index in [1.807, 2.05) is 12.5 Å². The summed E-state index contributed by atoms with van der Waals surface area (Å²) in [5.74, 6) is 1.08. The number of aromatic nitrogens is 4. The molecule has 8 heteroatoms. The van der Waals surface area contributed by atoms with Gasteiger partial charge in [-0.15, -0.1) is 23.5 Å². The Labute approximate surface area is 195 Å². The van der Waals surface area contributed by atoms with Gasteiger partial charge in [-0.25, -0.2) is 19.9 Å². The van der Waals surface area contributed by atoms with Crippen LogP contribution in [0.3, 0.4) is 0 Å². The molecule has 4 nitrogen and oxygen atoms in total. The fraction of sp³-hybridized carbons (Fsp3) is 0.364. The highest BCUT2D eigenvalue weighted by atomic mass is 32.2. The molecule has 0 amide bonds. The third-order valence-electron chi connectivity index (χ3n) is 5.51. The molecule has 0 spiro atoms. The molecule has 1 saturated carbocycles. The van der Waals surface area contributed by atoms with Gasteiger partial charge in [-0.3, -0.25) is 0 Å². The molecule has 1 fully saturated rings. The summed E-state index contributed by atoms with van der Waals surface area (Å²) in [4.78, 5) is 19.0. The summed E-state index contributed by atoms with van der Waals surface area (Å²) < 4.78 is 0. The largest absolute Gasteiger partial charge is 0.227 e. The van der Waals surface area contributed by atoms with Crippen LogP contribution in [0.5, 0.6) is 0 Å². The zero-order valence-corrected chi connectivity index (χ0v) is 20.7. The quantitative estimate of drug-likeness (QED) is 0.228. The first-order chi connectivity index (χ1) is 14.7. The van der Waals surface area contributed by atoms with Gasteiger partial charge in [-0.2, -0.15) is 0 Å². The third-order valence-corrected chi connectivity index (χ3v) is 7.86. The molecule has 4 rings (SSSR count). The van der Waals surface area contributed by atoms with E-state index in [9.17, 15) is 0 Å². The number of thioether (sulfide) groups is 4. The summed E-state index contributed by atoms with van der Waals surface area (Å²) in [6, 6.07) is 15.1. The number of nitrogens with zero attached hydrogens (tertiary/aromatic N) is 4. The molecule has 30 heavy (non-hydrogen) atoms. The fourth-order valence-corrected chi connectivity index (χ4v) is 5.73. The van der Waals surface area contributed by atoms with Crippen molar-refractivity contribution >= 4 is 47.0 Å². The average molecular weight is 473 g/mol. The van der Waals surface area contributed by atoms with Crippen molar-refractivity contribution in [2.45, 2.75) is 44.5 Å². The Morgan fingerprint density at radius 1 is 0.667 bits per heavy atom. The lowest BCUT2D eigenvalue weighted by atomic mass is 9.59. The summed E-state index contributed by atoms with van der Waals surface area (Å²) in [7, 11) is 0. The highest BCUT2D eigenvalue weighted by molar-refractivity contribution is 7.99. The molecule has 3 aromatic rings. The number of rotatable bonds is 7. The molecule has 1 aromatic carbocycles. The standard InChI is InChI=1S/C22H24N4S4/c1-27-18-11-16(23-21(25-18)29-3)14-10-15(20(14)13-8-6-5-7-9-13)17-12-19(28-2)26-22(24-17)30-4/h5-9,11-12,14-15,20H,10H2,1-4H3/t14-,15?,20?/m1/s1. The minimum atomic E-state index is 0.352. The van der Waals surface area contributed by atoms with Crippen molar-refractivity contribution in [1.29, 1.82) is 0 Å². The van der Waals surface area contributed by atoms with Crippen LogP contribution in [-0.4, -0.2) is 45.0 Å². The smallest absolute Gasteiger partial charge is 0.188 e. The number of hydrogen-bond donors (Lipinski definition) is 0. The molecule has 1 aliphatic rings. The van der Waals surface area contributed by atoms with Crippen LogP contribution >= 0.6 is 47.0 Å². The number of benzene rings is 1. The molecule has 0 saturated heterocycles. The van der Waals surface area contributed by atoms with Gasteiger partial charge < -0.3 is 0 Å². The predicted octanol–water partition coefficient (Wildman–Crippen LogP) is 6.21. The van der Waals surface area contributed by atoms with Crippen molar-refractivity contribution < 1.29 is 0 Å². The normalized spacial score (nSPS) is 20.7. The fourth-order valence-electron chi connectivity index (χ4n) is 4.01. The van der Waals surface area contributed by atoms with Crippen LogP contribution < -0.4 is 0 Å². The van der Waals surface area contributed by atoms with Gasteiger partial charge >= 0.3 is 0 Å². The zero-order valence-electron chi connectivity index (χ0n) is 17.4. The van der Waals surface area contributed by atoms with Crippen molar-refractivity contribution in [2.24, 2.45) is 0 Å². The molecule has 0 bridgehead atoms. The topological polar surface area (TPSA) is 51.6 Å². The second kappa shape index (κ2) is 9.94. The lowest BCUT2D eigenvalue weighted by Gasteiger charge is -2.45. The van der Waals surface area contributed by atoms with Crippen LogP contribution in [0, 0.1) is 0 Å². The van der Waals surface area contributed by atoms with Gasteiger partial charge in [0.1, 0.15) is 10.1 Å². The Hall–Kier alpha value is -1.22. The molecule has 2 aromatic heterocycles. The monoisotopic (exact) mass is 472 g/mol. The maximum absolute atomic E-state index is 4.89. The van der Waals surface area contributed by atoms with E-state index in [4.69, 9.17) is 9.97 Å². The lowest BCUT2D eigenvalue weighted by Crippen LogP contribution is -2.33. The van der Waals surface area contributed by atoms with E-state index in [0.29, 0.717) is 17.8 Å². The molecular formula is C22H24N4S4. The van der Waals surface area contributed by atoms with Crippen LogP contribution in [0.25, 0.3) is 0 Å². The van der Waals surface area contributed by atoms with E-state index < -0.39 is 0 Å². The van der Waals surface area contributed by atoms with Gasteiger partial charge in [0.05, 0.1) is 0 Å². The molecule has 3 atom stereocenters. The van der Waals surface area contributed by atoms with Crippen LogP contribution in [-0.2, 0) is 0 Å². The lowest BCUT2D eigenvalue weighted by molar-refractivity contribution is 0.271. The second-order valence-corrected chi connectivity index (χ2v) is 10.2. The van der Waals surface area contributed by atoms with Crippen molar-refractivity contribution in [2.75, 3.05) is 25.0 Å². The van der Waals surface area contributed by atoms with Crippen molar-refractivity contribution in [1.82, 2.24) is 19.9 Å². The predicted molar refractivity (Wildman–Crippen MR) is 130 cm³/mol. The van der Waals surface area contributed by atoms with Gasteiger partial charge in [-0.05, 0) is 49.1 Å². The first-order valence-electron chi connectivity index (χ1n) is 9.65. The summed E-state index contributed by atoms with van der Waals surface area (Å²) >= 11 is 6.57. The minimum absolute atomic E-state index is 0.352. The van der Waals surface area contributed by atoms with Gasteiger partial charge in [0.15, 0.2) is 10.3 Å². The first kappa shape index (κ1) is 22.0. The van der Waals surface area contributed by atoms with Crippen LogP contribution in [0.2, 0.25) is 0 Å². The van der Waals surface area contributed by atoms with Gasteiger partial charge in [0, 0.05) is 29.1 Å². The maximum atomic E-state index is 4.89. The second-order valence-electron chi connectivity index (χ2n) is 7.03. The summed E-state index contributed by atoms with van der Waals surface area (Å²) in [5.41, 5.74) is 3.64. The third kappa shape index (κ3) is 4.52. The molecule has 1 aliphatic carbocycles. The Morgan fingerprint density at radius 2 is 1.17 bits per heavy atom. The molecule has 2 unspecified atom stereocenters. The molecule has 0 radical (unpaired) electrons. The molecule has 0 aliphatic heterocycles. The van der Waals surface area contributed by atoms with E-state index >= 15 is 0 Å². The maximum Gasteiger partial charge on any atom is 0.188 e. The van der Waals surface area contributed by atoms with Crippen molar-refractivity contribution in [3.8, 4) is 0 Å². The molecule has 2 heterocycles. The van der Waals surface area contributed by atoms with E-state index in [0.717, 1.165) is 38.2 Å². The molecule has 0 N–H and O–H groups in total. The van der Waals surface area contributed by atoms with E-state index in [1.165, 1.54) is 5.56 Å². The molecule has 156 valence electrons. The first-order valence-corrected chi connectivity index (χ1v) is 14.6. The van der Waals surface area contributed by atoms with Crippen LogP contribution in [0.4, 0.5) is 0 Å². The summed E-state index contributed by atoms with van der Waals surface area (Å²) in [6.45, 7) is 0. The summed E-state index contributed by atoms with van der Waals surface area (Å²) in [5, 5.41) is 3.78. The van der Waals surface area contributed by atoms with Crippen molar-refractivity contribution in [3.05, 3.63) is 59.4 Å². The van der Waals surface area contributed by atoms with Gasteiger partial charge in [0.2, 0.25) is 0 Å².